The number of hydrogen-bond donors (Lipinski definition) is 0. The van der Waals surface area contributed by atoms with Gasteiger partial charge in [-0.2, -0.15) is 5.26 Å². The molecule has 0 radical (unpaired) electrons. The van der Waals surface area contributed by atoms with Crippen molar-refractivity contribution in [1.29, 1.82) is 5.26 Å². The second-order valence-corrected chi connectivity index (χ2v) is 12.1. The molecule has 228 valence electrons. The molecule has 12 heteroatoms. The minimum Gasteiger partial charge on any atom is -0.493 e. The summed E-state index contributed by atoms with van der Waals surface area (Å²) >= 11 is 6.80. The number of piperazine rings is 1. The number of carbonyl (C=O) groups is 1. The van der Waals surface area contributed by atoms with Crippen molar-refractivity contribution in [1.82, 2.24) is 9.47 Å². The molecule has 9 nitrogen and oxygen atoms in total. The normalized spacial score (nSPS) is 16.1. The van der Waals surface area contributed by atoms with E-state index in [1.54, 1.807) is 57.4 Å². The van der Waals surface area contributed by atoms with Crippen molar-refractivity contribution < 1.29 is 18.7 Å². The first-order valence-corrected chi connectivity index (χ1v) is 15.2. The van der Waals surface area contributed by atoms with Crippen LogP contribution in [0.2, 0.25) is 0 Å². The number of halogens is 1. The molecule has 0 N–H and O–H groups in total. The highest BCUT2D eigenvalue weighted by molar-refractivity contribution is 8.26. The number of thiocarbonyl (C=S) groups is 1. The number of ether oxygens (including phenoxy) is 2. The van der Waals surface area contributed by atoms with E-state index in [9.17, 15) is 19.2 Å². The highest BCUT2D eigenvalue weighted by atomic mass is 32.2. The zero-order chi connectivity index (χ0) is 31.5. The number of methoxy groups -OCH3 is 2. The topological polar surface area (TPSA) is 91.0 Å². The fourth-order valence-corrected chi connectivity index (χ4v) is 6.85. The lowest BCUT2D eigenvalue weighted by molar-refractivity contribution is -0.122. The maximum absolute atomic E-state index is 14.5. The van der Waals surface area contributed by atoms with E-state index in [-0.39, 0.29) is 17.3 Å². The molecule has 3 heterocycles. The fourth-order valence-electron chi connectivity index (χ4n) is 5.56. The zero-order valence-electron chi connectivity index (χ0n) is 24.9. The third kappa shape index (κ3) is 5.89. The maximum atomic E-state index is 14.5. The number of benzene rings is 2. The Morgan fingerprint density at radius 2 is 1.73 bits per heavy atom. The Hall–Kier alpha value is -4.34. The lowest BCUT2D eigenvalue weighted by atomic mass is 10.0. The molecule has 44 heavy (non-hydrogen) atoms. The average Bonchev–Trinajstić information content (AvgIpc) is 3.30. The summed E-state index contributed by atoms with van der Waals surface area (Å²) < 4.78 is 27.1. The molecule has 2 fully saturated rings. The van der Waals surface area contributed by atoms with Gasteiger partial charge >= 0.3 is 0 Å². The van der Waals surface area contributed by atoms with Crippen molar-refractivity contribution in [3.8, 4) is 17.6 Å². The number of nitrogens with zero attached hydrogens (tertiary/aromatic N) is 5. The molecule has 3 aromatic rings. The van der Waals surface area contributed by atoms with Gasteiger partial charge < -0.3 is 19.3 Å². The molecule has 2 aromatic carbocycles. The van der Waals surface area contributed by atoms with Gasteiger partial charge in [-0.3, -0.25) is 19.1 Å². The molecular weight excluding hydrogens is 602 g/mol. The van der Waals surface area contributed by atoms with Gasteiger partial charge in [0.05, 0.1) is 24.8 Å². The van der Waals surface area contributed by atoms with E-state index in [1.165, 1.54) is 22.4 Å². The second kappa shape index (κ2) is 13.1. The molecule has 0 unspecified atom stereocenters. The Morgan fingerprint density at radius 1 is 1.05 bits per heavy atom. The lowest BCUT2D eigenvalue weighted by Gasteiger charge is -2.38. The summed E-state index contributed by atoms with van der Waals surface area (Å²) in [7, 11) is 4.78. The summed E-state index contributed by atoms with van der Waals surface area (Å²) in [5.74, 6) is 1.32. The largest absolute Gasteiger partial charge is 0.493 e. The smallest absolute Gasteiger partial charge is 0.270 e. The first kappa shape index (κ1) is 31.1. The molecule has 2 aliphatic rings. The number of para-hydroxylation sites is 1. The van der Waals surface area contributed by atoms with E-state index in [2.05, 4.69) is 4.90 Å². The first-order valence-electron chi connectivity index (χ1n) is 14.0. The summed E-state index contributed by atoms with van der Waals surface area (Å²) in [4.78, 5) is 32.8. The third-order valence-electron chi connectivity index (χ3n) is 7.96. The standard InChI is InChI=1S/C32H32FN5O4S2/c1-20-22(18-28-31(40)38(32(43)44-28)12-11-21-9-10-26(41-3)27(17-21)42-4)29(35(2)30(39)23(20)19-34)37-15-13-36(14-16-37)25-8-6-5-7-24(25)33/h5-10,17-18H,11-16H2,1-4H3/b28-18+. The van der Waals surface area contributed by atoms with Crippen molar-refractivity contribution >= 4 is 51.8 Å². The van der Waals surface area contributed by atoms with Crippen LogP contribution in [0.3, 0.4) is 0 Å². The third-order valence-corrected chi connectivity index (χ3v) is 9.34. The van der Waals surface area contributed by atoms with Crippen molar-refractivity contribution in [3.05, 3.63) is 85.8 Å². The molecule has 1 amide bonds. The van der Waals surface area contributed by atoms with Crippen LogP contribution in [0.1, 0.15) is 22.3 Å². The summed E-state index contributed by atoms with van der Waals surface area (Å²) in [6, 6.07) is 14.3. The van der Waals surface area contributed by atoms with Crippen LogP contribution in [0.25, 0.3) is 6.08 Å². The summed E-state index contributed by atoms with van der Waals surface area (Å²) in [6.45, 7) is 4.19. The van der Waals surface area contributed by atoms with E-state index in [0.29, 0.717) is 82.5 Å². The van der Waals surface area contributed by atoms with Crippen molar-refractivity contribution in [2.75, 3.05) is 56.7 Å². The van der Waals surface area contributed by atoms with Gasteiger partial charge in [0.15, 0.2) is 11.5 Å². The predicted molar refractivity (Wildman–Crippen MR) is 175 cm³/mol. The van der Waals surface area contributed by atoms with Crippen LogP contribution >= 0.6 is 24.0 Å². The van der Waals surface area contributed by atoms with Gasteiger partial charge in [0.25, 0.3) is 11.5 Å². The number of hydrogen-bond acceptors (Lipinski definition) is 9. The van der Waals surface area contributed by atoms with Crippen molar-refractivity contribution in [3.63, 3.8) is 0 Å². The zero-order valence-corrected chi connectivity index (χ0v) is 26.6. The highest BCUT2D eigenvalue weighted by Gasteiger charge is 2.33. The molecule has 0 atom stereocenters. The second-order valence-electron chi connectivity index (χ2n) is 10.4. The number of anilines is 2. The Bertz CT molecular complexity index is 1760. The van der Waals surface area contributed by atoms with Crippen LogP contribution in [-0.4, -0.2) is 66.6 Å². The maximum Gasteiger partial charge on any atom is 0.270 e. The molecular formula is C32H32FN5O4S2. The fraction of sp³-hybridized carbons (Fsp3) is 0.312. The molecule has 2 aliphatic heterocycles. The molecule has 0 aliphatic carbocycles. The number of pyridine rings is 1. The SMILES string of the molecule is COc1ccc(CCN2C(=O)/C(=C\c3c(C)c(C#N)c(=O)n(C)c3N3CCN(c4ccccc4F)CC3)SC2=S)cc1OC. The quantitative estimate of drug-likeness (QED) is 0.263. The van der Waals surface area contributed by atoms with Crippen LogP contribution in [0.4, 0.5) is 15.9 Å². The van der Waals surface area contributed by atoms with E-state index in [1.807, 2.05) is 29.2 Å². The van der Waals surface area contributed by atoms with E-state index < -0.39 is 5.56 Å². The van der Waals surface area contributed by atoms with Gasteiger partial charge in [-0.15, -0.1) is 0 Å². The van der Waals surface area contributed by atoms with Crippen LogP contribution in [0.5, 0.6) is 11.5 Å². The molecule has 2 saturated heterocycles. The molecule has 0 saturated carbocycles. The average molecular weight is 634 g/mol. The van der Waals surface area contributed by atoms with E-state index in [0.717, 1.165) is 5.56 Å². The molecule has 5 rings (SSSR count). The Kier molecular flexibility index (Phi) is 9.27. The van der Waals surface area contributed by atoms with Gasteiger partial charge in [-0.1, -0.05) is 42.2 Å². The van der Waals surface area contributed by atoms with E-state index >= 15 is 0 Å². The number of thioether (sulfide) groups is 1. The van der Waals surface area contributed by atoms with Gasteiger partial charge in [-0.05, 0) is 54.8 Å². The predicted octanol–water partition coefficient (Wildman–Crippen LogP) is 4.49. The first-order chi connectivity index (χ1) is 21.2. The van der Waals surface area contributed by atoms with Gasteiger partial charge in [0, 0.05) is 45.3 Å². The van der Waals surface area contributed by atoms with Gasteiger partial charge in [0.1, 0.15) is 27.6 Å². The van der Waals surface area contributed by atoms with Crippen molar-refractivity contribution in [2.45, 2.75) is 13.3 Å². The van der Waals surface area contributed by atoms with E-state index in [4.69, 9.17) is 21.7 Å². The monoisotopic (exact) mass is 633 g/mol. The molecule has 0 spiro atoms. The summed E-state index contributed by atoms with van der Waals surface area (Å²) in [5, 5.41) is 9.82. The minimum absolute atomic E-state index is 0.0245. The highest BCUT2D eigenvalue weighted by Crippen LogP contribution is 2.36. The number of amides is 1. The Labute approximate surface area is 265 Å². The Balaban J connectivity index is 1.42. The van der Waals surface area contributed by atoms with Crippen LogP contribution < -0.4 is 24.8 Å². The number of nitriles is 1. The van der Waals surface area contributed by atoms with Crippen LogP contribution in [0.15, 0.2) is 52.2 Å². The summed E-state index contributed by atoms with van der Waals surface area (Å²) in [6.07, 6.45) is 2.29. The summed E-state index contributed by atoms with van der Waals surface area (Å²) in [5.41, 5.74) is 2.23. The van der Waals surface area contributed by atoms with Gasteiger partial charge in [0.2, 0.25) is 0 Å². The number of aromatic nitrogens is 1. The van der Waals surface area contributed by atoms with Gasteiger partial charge in [-0.25, -0.2) is 4.39 Å². The van der Waals surface area contributed by atoms with Crippen molar-refractivity contribution in [2.24, 2.45) is 7.05 Å². The van der Waals surface area contributed by atoms with Crippen LogP contribution in [-0.2, 0) is 18.3 Å². The molecule has 0 bridgehead atoms. The molecule has 1 aromatic heterocycles. The number of carbonyl (C=O) groups excluding carboxylic acids is 1. The minimum atomic E-state index is -0.406. The lowest BCUT2D eigenvalue weighted by Crippen LogP contribution is -2.48. The van der Waals surface area contributed by atoms with Crippen LogP contribution in [0, 0.1) is 24.1 Å². The number of rotatable bonds is 8. The Morgan fingerprint density at radius 3 is 2.39 bits per heavy atom.